The monoisotopic (exact) mass is 448 g/mol. The average Bonchev–Trinajstić information content (AvgIpc) is 3.10. The van der Waals surface area contributed by atoms with Gasteiger partial charge in [-0.3, -0.25) is 0 Å². The molecule has 3 aromatic carbocycles. The Morgan fingerprint density at radius 2 is 1.81 bits per heavy atom. The fraction of sp³-hybridized carbons (Fsp3) is 0.115. The largest absolute Gasteiger partial charge is 0.508 e. The summed E-state index contributed by atoms with van der Waals surface area (Å²) in [4.78, 5) is 11.6. The van der Waals surface area contributed by atoms with E-state index in [0.29, 0.717) is 11.5 Å². The number of carbonyl (C=O) groups is 1. The van der Waals surface area contributed by atoms with Crippen LogP contribution in [-0.2, 0) is 4.79 Å². The zero-order chi connectivity index (χ0) is 22.8. The minimum absolute atomic E-state index is 0.104. The van der Waals surface area contributed by atoms with Crippen molar-refractivity contribution in [2.24, 2.45) is 0 Å². The van der Waals surface area contributed by atoms with Crippen LogP contribution in [0.4, 0.5) is 4.39 Å². The minimum Gasteiger partial charge on any atom is -0.508 e. The second-order valence-electron chi connectivity index (χ2n) is 7.67. The smallest absolute Gasteiger partial charge is 0.328 e. The van der Waals surface area contributed by atoms with E-state index in [1.165, 1.54) is 23.5 Å². The molecular formula is C26H21FO4S. The number of aliphatic carboxylic acids is 1. The molecule has 4 nitrogen and oxygen atoms in total. The van der Waals surface area contributed by atoms with Crippen LogP contribution >= 0.6 is 11.3 Å². The maximum absolute atomic E-state index is 14.0. The van der Waals surface area contributed by atoms with Crippen LogP contribution in [0.15, 0.2) is 66.7 Å². The van der Waals surface area contributed by atoms with Crippen molar-refractivity contribution in [3.05, 3.63) is 83.7 Å². The number of carboxylic acid groups (broad SMARTS) is 1. The molecule has 0 spiro atoms. The number of phenolic OH excluding ortho intramolecular Hbond substituents is 1. The third-order valence-electron chi connectivity index (χ3n) is 5.03. The first-order chi connectivity index (χ1) is 15.3. The molecule has 0 radical (unpaired) electrons. The maximum atomic E-state index is 14.0. The number of ether oxygens (including phenoxy) is 1. The summed E-state index contributed by atoms with van der Waals surface area (Å²) in [6.45, 7) is 4.03. The van der Waals surface area contributed by atoms with Crippen LogP contribution in [0.3, 0.4) is 0 Å². The van der Waals surface area contributed by atoms with Gasteiger partial charge < -0.3 is 14.9 Å². The molecule has 0 saturated carbocycles. The second-order valence-corrected chi connectivity index (χ2v) is 8.72. The normalized spacial score (nSPS) is 11.5. The zero-order valence-electron chi connectivity index (χ0n) is 17.5. The third-order valence-corrected chi connectivity index (χ3v) is 6.19. The number of phenols is 1. The standard InChI is InChI=1S/C26H21FO4S/c1-15(2)22-13-17(27)6-10-20(22)26-25(21-11-7-18(28)14-23(21)32-26)31-19-8-3-16(4-9-19)5-12-24(29)30/h3-15,28H,1-2H3,(H,29,30). The summed E-state index contributed by atoms with van der Waals surface area (Å²) < 4.78 is 21.1. The van der Waals surface area contributed by atoms with E-state index in [1.807, 2.05) is 19.9 Å². The first-order valence-corrected chi connectivity index (χ1v) is 10.9. The topological polar surface area (TPSA) is 66.8 Å². The van der Waals surface area contributed by atoms with Crippen molar-refractivity contribution in [2.75, 3.05) is 0 Å². The van der Waals surface area contributed by atoms with E-state index in [2.05, 4.69) is 0 Å². The lowest BCUT2D eigenvalue weighted by atomic mass is 9.95. The number of thiophene rings is 1. The Morgan fingerprint density at radius 1 is 1.06 bits per heavy atom. The summed E-state index contributed by atoms with van der Waals surface area (Å²) >= 11 is 1.48. The van der Waals surface area contributed by atoms with Crippen molar-refractivity contribution < 1.29 is 24.1 Å². The molecule has 2 N–H and O–H groups in total. The molecular weight excluding hydrogens is 427 g/mol. The number of rotatable bonds is 6. The molecule has 4 aromatic rings. The summed E-state index contributed by atoms with van der Waals surface area (Å²) in [6, 6.07) is 16.9. The quantitative estimate of drug-likeness (QED) is 0.301. The zero-order valence-corrected chi connectivity index (χ0v) is 18.3. The van der Waals surface area contributed by atoms with E-state index in [9.17, 15) is 14.3 Å². The van der Waals surface area contributed by atoms with E-state index < -0.39 is 5.97 Å². The molecule has 0 unspecified atom stereocenters. The number of benzene rings is 3. The van der Waals surface area contributed by atoms with Gasteiger partial charge >= 0.3 is 5.97 Å². The van der Waals surface area contributed by atoms with Crippen molar-refractivity contribution in [1.82, 2.24) is 0 Å². The highest BCUT2D eigenvalue weighted by Gasteiger charge is 2.20. The van der Waals surface area contributed by atoms with E-state index in [0.717, 1.165) is 37.7 Å². The van der Waals surface area contributed by atoms with Gasteiger partial charge in [0.25, 0.3) is 0 Å². The fourth-order valence-electron chi connectivity index (χ4n) is 3.49. The first-order valence-electron chi connectivity index (χ1n) is 10.1. The van der Waals surface area contributed by atoms with Gasteiger partial charge in [-0.1, -0.05) is 32.0 Å². The third kappa shape index (κ3) is 4.50. The summed E-state index contributed by atoms with van der Waals surface area (Å²) in [5, 5.41) is 19.6. The van der Waals surface area contributed by atoms with Gasteiger partial charge in [0.1, 0.15) is 17.3 Å². The first kappa shape index (κ1) is 21.6. The summed E-state index contributed by atoms with van der Waals surface area (Å²) in [6.07, 6.45) is 2.59. The molecule has 162 valence electrons. The predicted molar refractivity (Wildman–Crippen MR) is 126 cm³/mol. The van der Waals surface area contributed by atoms with Gasteiger partial charge in [0.15, 0.2) is 5.75 Å². The molecule has 32 heavy (non-hydrogen) atoms. The predicted octanol–water partition coefficient (Wildman–Crippen LogP) is 7.43. The van der Waals surface area contributed by atoms with Gasteiger partial charge in [-0.2, -0.15) is 0 Å². The minimum atomic E-state index is -1.01. The highest BCUT2D eigenvalue weighted by atomic mass is 32.1. The van der Waals surface area contributed by atoms with Crippen molar-refractivity contribution in [3.63, 3.8) is 0 Å². The Kier molecular flexibility index (Phi) is 5.97. The molecule has 4 rings (SSSR count). The summed E-state index contributed by atoms with van der Waals surface area (Å²) in [5.74, 6) is 0.182. The van der Waals surface area contributed by atoms with E-state index in [1.54, 1.807) is 48.5 Å². The molecule has 0 saturated heterocycles. The van der Waals surface area contributed by atoms with Crippen LogP contribution in [0.2, 0.25) is 0 Å². The molecule has 0 atom stereocenters. The van der Waals surface area contributed by atoms with Crippen LogP contribution in [0.25, 0.3) is 26.6 Å². The Bertz CT molecular complexity index is 1320. The number of hydrogen-bond acceptors (Lipinski definition) is 4. The average molecular weight is 449 g/mol. The van der Waals surface area contributed by atoms with Crippen LogP contribution in [0, 0.1) is 5.82 Å². The molecule has 0 aliphatic rings. The summed E-state index contributed by atoms with van der Waals surface area (Å²) in [7, 11) is 0. The highest BCUT2D eigenvalue weighted by Crippen LogP contribution is 2.48. The van der Waals surface area contributed by atoms with Gasteiger partial charge in [-0.15, -0.1) is 11.3 Å². The lowest BCUT2D eigenvalue weighted by Gasteiger charge is -2.14. The lowest BCUT2D eigenvalue weighted by molar-refractivity contribution is -0.131. The number of halogens is 1. The van der Waals surface area contributed by atoms with Gasteiger partial charge in [0.2, 0.25) is 0 Å². The van der Waals surface area contributed by atoms with Crippen LogP contribution < -0.4 is 4.74 Å². The molecule has 6 heteroatoms. The Balaban J connectivity index is 1.82. The van der Waals surface area contributed by atoms with Gasteiger partial charge in [0.05, 0.1) is 4.88 Å². The number of fused-ring (bicyclic) bond motifs is 1. The van der Waals surface area contributed by atoms with Crippen molar-refractivity contribution >= 4 is 33.5 Å². The van der Waals surface area contributed by atoms with Crippen molar-refractivity contribution in [3.8, 4) is 27.7 Å². The van der Waals surface area contributed by atoms with Crippen molar-refractivity contribution in [2.45, 2.75) is 19.8 Å². The van der Waals surface area contributed by atoms with Crippen LogP contribution in [0.5, 0.6) is 17.2 Å². The number of carboxylic acids is 1. The molecule has 0 aliphatic carbocycles. The van der Waals surface area contributed by atoms with Crippen molar-refractivity contribution in [1.29, 1.82) is 0 Å². The number of aromatic hydroxyl groups is 1. The van der Waals surface area contributed by atoms with Gasteiger partial charge in [0, 0.05) is 16.2 Å². The van der Waals surface area contributed by atoms with E-state index in [-0.39, 0.29) is 17.5 Å². The Morgan fingerprint density at radius 3 is 2.50 bits per heavy atom. The lowest BCUT2D eigenvalue weighted by Crippen LogP contribution is -1.94. The fourth-order valence-corrected chi connectivity index (χ4v) is 4.70. The number of hydrogen-bond donors (Lipinski definition) is 2. The van der Waals surface area contributed by atoms with Crippen LogP contribution in [0.1, 0.15) is 30.9 Å². The maximum Gasteiger partial charge on any atom is 0.328 e. The van der Waals surface area contributed by atoms with Gasteiger partial charge in [-0.25, -0.2) is 9.18 Å². The SMILES string of the molecule is CC(C)c1cc(F)ccc1-c1sc2cc(O)ccc2c1Oc1ccc(C=CC(=O)O)cc1. The molecule has 1 aromatic heterocycles. The summed E-state index contributed by atoms with van der Waals surface area (Å²) in [5.41, 5.74) is 2.50. The Labute approximate surface area is 188 Å². The molecule has 0 bridgehead atoms. The molecule has 0 aliphatic heterocycles. The van der Waals surface area contributed by atoms with Gasteiger partial charge in [-0.05, 0) is 71.1 Å². The molecule has 1 heterocycles. The van der Waals surface area contributed by atoms with E-state index in [4.69, 9.17) is 9.84 Å². The van der Waals surface area contributed by atoms with E-state index >= 15 is 0 Å². The highest BCUT2D eigenvalue weighted by molar-refractivity contribution is 7.22. The molecule has 0 fully saturated rings. The Hall–Kier alpha value is -3.64. The second kappa shape index (κ2) is 8.85. The van der Waals surface area contributed by atoms with Crippen LogP contribution in [-0.4, -0.2) is 16.2 Å². The molecule has 0 amide bonds.